The Labute approximate surface area is 137 Å². The van der Waals surface area contributed by atoms with Crippen molar-refractivity contribution >= 4 is 12.2 Å². The van der Waals surface area contributed by atoms with E-state index in [-0.39, 0.29) is 5.56 Å². The van der Waals surface area contributed by atoms with E-state index in [4.69, 9.17) is 18.0 Å². The van der Waals surface area contributed by atoms with Crippen LogP contribution in [0.4, 0.5) is 0 Å². The van der Waals surface area contributed by atoms with Crippen LogP contribution in [0.1, 0.15) is 6.42 Å². The molecule has 1 aromatic carbocycles. The van der Waals surface area contributed by atoms with Gasteiger partial charge in [0.05, 0.1) is 23.8 Å². The topological polar surface area (TPSA) is 94.5 Å². The zero-order valence-corrected chi connectivity index (χ0v) is 13.2. The average molecular weight is 328 g/mol. The predicted octanol–water partition coefficient (Wildman–Crippen LogP) is 1.50. The maximum atomic E-state index is 11.9. The third-order valence-corrected chi connectivity index (χ3v) is 3.76. The first-order valence-corrected chi connectivity index (χ1v) is 7.62. The fourth-order valence-electron chi connectivity index (χ4n) is 2.42. The molecule has 0 spiro atoms. The maximum absolute atomic E-state index is 11.9. The summed E-state index contributed by atoms with van der Waals surface area (Å²) in [5, 5.41) is 8.35. The van der Waals surface area contributed by atoms with E-state index in [2.05, 4.69) is 15.2 Å². The second-order valence-electron chi connectivity index (χ2n) is 4.95. The van der Waals surface area contributed by atoms with Crippen LogP contribution in [0.3, 0.4) is 0 Å². The van der Waals surface area contributed by atoms with Crippen molar-refractivity contribution < 1.29 is 0 Å². The van der Waals surface area contributed by atoms with Crippen LogP contribution in [0.5, 0.6) is 0 Å². The molecular formula is C15H16N6OS. The number of hydrogen-bond donors (Lipinski definition) is 2. The van der Waals surface area contributed by atoms with Gasteiger partial charge in [-0.25, -0.2) is 0 Å². The largest absolute Gasteiger partial charge is 0.330 e. The molecule has 0 bridgehead atoms. The SMILES string of the molecule is NCCCn1c(-c2ccccc2-n2nccn2)cc(=O)[nH]c1=S. The summed E-state index contributed by atoms with van der Waals surface area (Å²) in [5.41, 5.74) is 7.70. The molecular weight excluding hydrogens is 312 g/mol. The molecule has 3 rings (SSSR count). The Bertz CT molecular complexity index is 912. The number of H-pyrrole nitrogens is 1. The molecule has 0 atom stereocenters. The Kier molecular flexibility index (Phi) is 4.45. The monoisotopic (exact) mass is 328 g/mol. The van der Waals surface area contributed by atoms with Crippen LogP contribution >= 0.6 is 12.2 Å². The Balaban J connectivity index is 2.23. The fraction of sp³-hybridized carbons (Fsp3) is 0.200. The van der Waals surface area contributed by atoms with Gasteiger partial charge in [-0.3, -0.25) is 9.78 Å². The molecule has 0 radical (unpaired) electrons. The Morgan fingerprint density at radius 1 is 1.22 bits per heavy atom. The van der Waals surface area contributed by atoms with E-state index in [1.807, 2.05) is 28.8 Å². The third kappa shape index (κ3) is 3.13. The van der Waals surface area contributed by atoms with Crippen molar-refractivity contribution in [3.8, 4) is 16.9 Å². The molecule has 0 unspecified atom stereocenters. The lowest BCUT2D eigenvalue weighted by atomic mass is 10.1. The Hall–Kier alpha value is -2.58. The smallest absolute Gasteiger partial charge is 0.252 e. The van der Waals surface area contributed by atoms with Crippen LogP contribution in [0.2, 0.25) is 0 Å². The fourth-order valence-corrected chi connectivity index (χ4v) is 2.71. The summed E-state index contributed by atoms with van der Waals surface area (Å²) in [6.07, 6.45) is 3.97. The lowest BCUT2D eigenvalue weighted by molar-refractivity contribution is 0.630. The molecule has 8 heteroatoms. The number of benzene rings is 1. The van der Waals surface area contributed by atoms with Gasteiger partial charge >= 0.3 is 0 Å². The first kappa shape index (κ1) is 15.3. The molecule has 0 amide bonds. The second kappa shape index (κ2) is 6.67. The van der Waals surface area contributed by atoms with Gasteiger partial charge in [-0.05, 0) is 31.2 Å². The highest BCUT2D eigenvalue weighted by Gasteiger charge is 2.12. The van der Waals surface area contributed by atoms with E-state index in [0.29, 0.717) is 17.9 Å². The number of nitrogens with two attached hydrogens (primary N) is 1. The number of aromatic nitrogens is 5. The van der Waals surface area contributed by atoms with Gasteiger partial charge in [-0.2, -0.15) is 15.0 Å². The van der Waals surface area contributed by atoms with Crippen LogP contribution in [0.15, 0.2) is 47.5 Å². The van der Waals surface area contributed by atoms with E-state index >= 15 is 0 Å². The normalized spacial score (nSPS) is 10.8. The summed E-state index contributed by atoms with van der Waals surface area (Å²) in [6, 6.07) is 9.15. The van der Waals surface area contributed by atoms with Gasteiger partial charge in [0.1, 0.15) is 0 Å². The van der Waals surface area contributed by atoms with E-state index in [1.165, 1.54) is 10.9 Å². The summed E-state index contributed by atoms with van der Waals surface area (Å²) in [6.45, 7) is 1.17. The van der Waals surface area contributed by atoms with E-state index in [0.717, 1.165) is 23.4 Å². The summed E-state index contributed by atoms with van der Waals surface area (Å²) >= 11 is 5.31. The summed E-state index contributed by atoms with van der Waals surface area (Å²) in [4.78, 5) is 16.1. The molecule has 3 aromatic rings. The molecule has 2 heterocycles. The van der Waals surface area contributed by atoms with Crippen LogP contribution in [0.25, 0.3) is 16.9 Å². The van der Waals surface area contributed by atoms with Crippen molar-refractivity contribution in [2.75, 3.05) is 6.54 Å². The molecule has 0 aliphatic carbocycles. The van der Waals surface area contributed by atoms with E-state index in [9.17, 15) is 4.79 Å². The summed E-state index contributed by atoms with van der Waals surface area (Å²) < 4.78 is 2.26. The molecule has 23 heavy (non-hydrogen) atoms. The molecule has 7 nitrogen and oxygen atoms in total. The van der Waals surface area contributed by atoms with Crippen molar-refractivity contribution in [3.05, 3.63) is 57.9 Å². The zero-order chi connectivity index (χ0) is 16.2. The minimum Gasteiger partial charge on any atom is -0.330 e. The molecule has 3 N–H and O–H groups in total. The first-order chi connectivity index (χ1) is 11.2. The van der Waals surface area contributed by atoms with Crippen LogP contribution in [0, 0.1) is 4.77 Å². The maximum Gasteiger partial charge on any atom is 0.252 e. The van der Waals surface area contributed by atoms with Crippen molar-refractivity contribution in [2.45, 2.75) is 13.0 Å². The number of rotatable bonds is 5. The minimum absolute atomic E-state index is 0.239. The Morgan fingerprint density at radius 2 is 1.96 bits per heavy atom. The molecule has 0 aliphatic heterocycles. The van der Waals surface area contributed by atoms with Gasteiger partial charge in [-0.15, -0.1) is 0 Å². The number of hydrogen-bond acceptors (Lipinski definition) is 5. The molecule has 2 aromatic heterocycles. The predicted molar refractivity (Wildman–Crippen MR) is 89.9 cm³/mol. The number of nitrogens with one attached hydrogen (secondary N) is 1. The Morgan fingerprint density at radius 3 is 2.70 bits per heavy atom. The van der Waals surface area contributed by atoms with Crippen LogP contribution < -0.4 is 11.3 Å². The molecule has 0 saturated heterocycles. The number of nitrogens with zero attached hydrogens (tertiary/aromatic N) is 4. The number of para-hydroxylation sites is 1. The van der Waals surface area contributed by atoms with Gasteiger partial charge in [0.2, 0.25) is 0 Å². The quantitative estimate of drug-likeness (QED) is 0.692. The average Bonchev–Trinajstić information content (AvgIpc) is 3.08. The highest BCUT2D eigenvalue weighted by molar-refractivity contribution is 7.71. The first-order valence-electron chi connectivity index (χ1n) is 7.21. The second-order valence-corrected chi connectivity index (χ2v) is 5.34. The molecule has 0 fully saturated rings. The standard InChI is InChI=1S/C15H16N6OS/c16-6-3-9-20-13(10-14(22)19-15(20)23)11-4-1-2-5-12(11)21-17-7-8-18-21/h1-2,4-5,7-8,10H,3,6,9,16H2,(H,19,22,23). The number of aromatic amines is 1. The highest BCUT2D eigenvalue weighted by Crippen LogP contribution is 2.25. The van der Waals surface area contributed by atoms with Gasteiger partial charge in [-0.1, -0.05) is 18.2 Å². The third-order valence-electron chi connectivity index (χ3n) is 3.43. The van der Waals surface area contributed by atoms with Crippen molar-refractivity contribution in [1.82, 2.24) is 24.5 Å². The molecule has 0 aliphatic rings. The molecule has 118 valence electrons. The lowest BCUT2D eigenvalue weighted by Gasteiger charge is -2.15. The van der Waals surface area contributed by atoms with Gasteiger partial charge in [0.25, 0.3) is 5.56 Å². The van der Waals surface area contributed by atoms with Crippen LogP contribution in [-0.2, 0) is 6.54 Å². The minimum atomic E-state index is -0.239. The highest BCUT2D eigenvalue weighted by atomic mass is 32.1. The van der Waals surface area contributed by atoms with Gasteiger partial charge in [0.15, 0.2) is 4.77 Å². The van der Waals surface area contributed by atoms with Crippen molar-refractivity contribution in [2.24, 2.45) is 5.73 Å². The lowest BCUT2D eigenvalue weighted by Crippen LogP contribution is -2.17. The van der Waals surface area contributed by atoms with Gasteiger partial charge in [0, 0.05) is 18.2 Å². The van der Waals surface area contributed by atoms with E-state index in [1.54, 1.807) is 12.4 Å². The van der Waals surface area contributed by atoms with Gasteiger partial charge < -0.3 is 10.3 Å². The van der Waals surface area contributed by atoms with E-state index < -0.39 is 0 Å². The summed E-state index contributed by atoms with van der Waals surface area (Å²) in [5.74, 6) is 0. The zero-order valence-electron chi connectivity index (χ0n) is 12.3. The van der Waals surface area contributed by atoms with Crippen LogP contribution in [-0.4, -0.2) is 31.1 Å². The summed E-state index contributed by atoms with van der Waals surface area (Å²) in [7, 11) is 0. The molecule has 0 saturated carbocycles. The van der Waals surface area contributed by atoms with Crippen molar-refractivity contribution in [1.29, 1.82) is 0 Å². The van der Waals surface area contributed by atoms with Crippen molar-refractivity contribution in [3.63, 3.8) is 0 Å².